The van der Waals surface area contributed by atoms with Gasteiger partial charge in [0.25, 0.3) is 0 Å². The van der Waals surface area contributed by atoms with E-state index >= 15 is 0 Å². The quantitative estimate of drug-likeness (QED) is 0.598. The van der Waals surface area contributed by atoms with E-state index in [1.165, 1.54) is 18.2 Å². The number of sulfone groups is 1. The molecular formula is C12H15N3O3S. The molecule has 0 radical (unpaired) electrons. The first-order valence-corrected chi connectivity index (χ1v) is 7.24. The molecule has 1 amide bonds. The molecule has 7 heteroatoms. The maximum Gasteiger partial charge on any atom is 0.235 e. The number of nitrogens with two attached hydrogens (primary N) is 1. The minimum atomic E-state index is -3.69. The predicted molar refractivity (Wildman–Crippen MR) is 70.9 cm³/mol. The summed E-state index contributed by atoms with van der Waals surface area (Å²) < 4.78 is 23.9. The number of carbonyl (C=O) groups excluding carboxylic acids is 1. The van der Waals surface area contributed by atoms with Gasteiger partial charge >= 0.3 is 0 Å². The van der Waals surface area contributed by atoms with Crippen LogP contribution in [0.2, 0.25) is 0 Å². The number of amides is 1. The summed E-state index contributed by atoms with van der Waals surface area (Å²) >= 11 is 0. The van der Waals surface area contributed by atoms with Crippen LogP contribution in [0.1, 0.15) is 12.0 Å². The molecule has 0 saturated carbocycles. The molecule has 3 N–H and O–H groups in total. The Morgan fingerprint density at radius 1 is 1.47 bits per heavy atom. The maximum absolute atomic E-state index is 12.0. The maximum atomic E-state index is 12.0. The Kier molecular flexibility index (Phi) is 4.89. The third-order valence-electron chi connectivity index (χ3n) is 2.48. The zero-order chi connectivity index (χ0) is 14.5. The number of nitrogens with one attached hydrogen (secondary N) is 1. The second kappa shape index (κ2) is 6.20. The molecule has 0 atom stereocenters. The molecule has 0 aliphatic heterocycles. The van der Waals surface area contributed by atoms with Gasteiger partial charge in [-0.05, 0) is 30.7 Å². The highest BCUT2D eigenvalue weighted by atomic mass is 32.2. The van der Waals surface area contributed by atoms with Gasteiger partial charge in [-0.2, -0.15) is 5.26 Å². The first-order chi connectivity index (χ1) is 8.86. The first kappa shape index (κ1) is 15.0. The average molecular weight is 281 g/mol. The number of nitrogen functional groups attached to an aromatic ring is 1. The summed E-state index contributed by atoms with van der Waals surface area (Å²) in [6.45, 7) is 1.84. The Labute approximate surface area is 112 Å². The molecule has 0 bridgehead atoms. The van der Waals surface area contributed by atoms with Crippen LogP contribution in [0.25, 0.3) is 0 Å². The normalized spacial score (nSPS) is 10.7. The summed E-state index contributed by atoms with van der Waals surface area (Å²) in [5, 5.41) is 10.7. The summed E-state index contributed by atoms with van der Waals surface area (Å²) in [6.07, 6.45) is 0.146. The van der Waals surface area contributed by atoms with Crippen molar-refractivity contribution in [1.29, 1.82) is 5.26 Å². The minimum absolute atomic E-state index is 0.0645. The van der Waals surface area contributed by atoms with Crippen molar-refractivity contribution in [2.45, 2.75) is 18.2 Å². The fourth-order valence-corrected chi connectivity index (χ4v) is 2.65. The zero-order valence-corrected chi connectivity index (χ0v) is 11.3. The molecular weight excluding hydrogens is 266 g/mol. The van der Waals surface area contributed by atoms with Crippen molar-refractivity contribution in [1.82, 2.24) is 5.32 Å². The van der Waals surface area contributed by atoms with Crippen LogP contribution in [0.4, 0.5) is 5.69 Å². The van der Waals surface area contributed by atoms with Crippen LogP contribution in [-0.2, 0) is 14.6 Å². The molecule has 1 aromatic carbocycles. The van der Waals surface area contributed by atoms with Gasteiger partial charge in [-0.15, -0.1) is 0 Å². The summed E-state index contributed by atoms with van der Waals surface area (Å²) in [5.41, 5.74) is 6.75. The van der Waals surface area contributed by atoms with Crippen LogP contribution in [0.3, 0.4) is 0 Å². The largest absolute Gasteiger partial charge is 0.399 e. The SMILES string of the molecule is Cc1cc(S(=O)(=O)CC(=O)NCCC#N)ccc1N. The number of anilines is 1. The van der Waals surface area contributed by atoms with Gasteiger partial charge in [-0.25, -0.2) is 8.42 Å². The lowest BCUT2D eigenvalue weighted by Crippen LogP contribution is -2.30. The van der Waals surface area contributed by atoms with Gasteiger partial charge in [0.1, 0.15) is 5.75 Å². The molecule has 0 aromatic heterocycles. The molecule has 19 heavy (non-hydrogen) atoms. The van der Waals surface area contributed by atoms with Crippen LogP contribution in [0.5, 0.6) is 0 Å². The molecule has 0 saturated heterocycles. The van der Waals surface area contributed by atoms with Crippen molar-refractivity contribution in [2.24, 2.45) is 0 Å². The van der Waals surface area contributed by atoms with E-state index in [0.29, 0.717) is 11.3 Å². The van der Waals surface area contributed by atoms with Crippen molar-refractivity contribution in [3.05, 3.63) is 23.8 Å². The number of hydrogen-bond donors (Lipinski definition) is 2. The van der Waals surface area contributed by atoms with Gasteiger partial charge in [0.15, 0.2) is 9.84 Å². The molecule has 0 heterocycles. The van der Waals surface area contributed by atoms with Gasteiger partial charge in [0.2, 0.25) is 5.91 Å². The fourth-order valence-electron chi connectivity index (χ4n) is 1.41. The zero-order valence-electron chi connectivity index (χ0n) is 10.5. The molecule has 6 nitrogen and oxygen atoms in total. The first-order valence-electron chi connectivity index (χ1n) is 5.59. The summed E-state index contributed by atoms with van der Waals surface area (Å²) in [7, 11) is -3.69. The lowest BCUT2D eigenvalue weighted by molar-refractivity contribution is -0.118. The smallest absolute Gasteiger partial charge is 0.235 e. The van der Waals surface area contributed by atoms with Crippen molar-refractivity contribution in [3.63, 3.8) is 0 Å². The fraction of sp³-hybridized carbons (Fsp3) is 0.333. The highest BCUT2D eigenvalue weighted by molar-refractivity contribution is 7.92. The number of nitriles is 1. The topological polar surface area (TPSA) is 113 Å². The van der Waals surface area contributed by atoms with Crippen LogP contribution in [0, 0.1) is 18.3 Å². The number of carbonyl (C=O) groups is 1. The van der Waals surface area contributed by atoms with Crippen molar-refractivity contribution >= 4 is 21.4 Å². The van der Waals surface area contributed by atoms with Crippen LogP contribution < -0.4 is 11.1 Å². The molecule has 0 spiro atoms. The molecule has 0 unspecified atom stereocenters. The number of aryl methyl sites for hydroxylation is 1. The van der Waals surface area contributed by atoms with E-state index in [-0.39, 0.29) is 17.9 Å². The van der Waals surface area contributed by atoms with Gasteiger partial charge < -0.3 is 11.1 Å². The van der Waals surface area contributed by atoms with E-state index in [1.54, 1.807) is 6.92 Å². The third-order valence-corrected chi connectivity index (χ3v) is 4.09. The van der Waals surface area contributed by atoms with E-state index in [2.05, 4.69) is 5.32 Å². The number of hydrogen-bond acceptors (Lipinski definition) is 5. The number of rotatable bonds is 5. The van der Waals surface area contributed by atoms with Crippen molar-refractivity contribution < 1.29 is 13.2 Å². The molecule has 1 rings (SSSR count). The predicted octanol–water partition coefficient (Wildman–Crippen LogP) is 0.381. The Morgan fingerprint density at radius 2 is 2.16 bits per heavy atom. The van der Waals surface area contributed by atoms with E-state index < -0.39 is 21.5 Å². The number of benzene rings is 1. The van der Waals surface area contributed by atoms with Crippen LogP contribution in [-0.4, -0.2) is 26.6 Å². The highest BCUT2D eigenvalue weighted by Crippen LogP contribution is 2.17. The van der Waals surface area contributed by atoms with Crippen molar-refractivity contribution in [2.75, 3.05) is 18.0 Å². The lowest BCUT2D eigenvalue weighted by atomic mass is 10.2. The van der Waals surface area contributed by atoms with Gasteiger partial charge in [0.05, 0.1) is 17.4 Å². The number of nitrogens with zero attached hydrogens (tertiary/aromatic N) is 1. The molecule has 0 fully saturated rings. The average Bonchev–Trinajstić information content (AvgIpc) is 2.32. The second-order valence-electron chi connectivity index (χ2n) is 4.04. The molecule has 0 aliphatic rings. The summed E-state index contributed by atoms with van der Waals surface area (Å²) in [6, 6.07) is 6.16. The van der Waals surface area contributed by atoms with Crippen molar-refractivity contribution in [3.8, 4) is 6.07 Å². The van der Waals surface area contributed by atoms with E-state index in [1.807, 2.05) is 6.07 Å². The highest BCUT2D eigenvalue weighted by Gasteiger charge is 2.19. The third kappa shape index (κ3) is 4.26. The Hall–Kier alpha value is -2.07. The van der Waals surface area contributed by atoms with E-state index in [9.17, 15) is 13.2 Å². The lowest BCUT2D eigenvalue weighted by Gasteiger charge is -2.07. The van der Waals surface area contributed by atoms with E-state index in [4.69, 9.17) is 11.0 Å². The van der Waals surface area contributed by atoms with E-state index in [0.717, 1.165) is 0 Å². The Bertz CT molecular complexity index is 618. The Balaban J connectivity index is 2.78. The second-order valence-corrected chi connectivity index (χ2v) is 6.03. The summed E-state index contributed by atoms with van der Waals surface area (Å²) in [5.74, 6) is -1.26. The molecule has 0 aliphatic carbocycles. The van der Waals surface area contributed by atoms with Crippen LogP contribution in [0.15, 0.2) is 23.1 Å². The Morgan fingerprint density at radius 3 is 2.74 bits per heavy atom. The monoisotopic (exact) mass is 281 g/mol. The minimum Gasteiger partial charge on any atom is -0.399 e. The van der Waals surface area contributed by atoms with Gasteiger partial charge in [0, 0.05) is 12.2 Å². The van der Waals surface area contributed by atoms with Crippen LogP contribution >= 0.6 is 0 Å². The van der Waals surface area contributed by atoms with Gasteiger partial charge in [-0.1, -0.05) is 0 Å². The summed E-state index contributed by atoms with van der Waals surface area (Å²) in [4.78, 5) is 11.5. The molecule has 1 aromatic rings. The molecule has 102 valence electrons. The van der Waals surface area contributed by atoms with Gasteiger partial charge in [-0.3, -0.25) is 4.79 Å². The standard InChI is InChI=1S/C12H15N3O3S/c1-9-7-10(3-4-11(9)14)19(17,18)8-12(16)15-6-2-5-13/h3-4,7H,2,6,8,14H2,1H3,(H,15,16).